The normalized spacial score (nSPS) is 9.00. The van der Waals surface area contributed by atoms with Crippen LogP contribution < -0.4 is 4.74 Å². The molecule has 6 nitrogen and oxygen atoms in total. The smallest absolute Gasteiger partial charge is 0.317 e. The molecule has 0 aliphatic heterocycles. The molecule has 0 heterocycles. The molecule has 0 amide bonds. The zero-order valence-corrected chi connectivity index (χ0v) is 9.93. The summed E-state index contributed by atoms with van der Waals surface area (Å²) in [6, 6.07) is 4.33. The molecule has 0 saturated carbocycles. The Labute approximate surface area is 104 Å². The molecule has 0 aliphatic rings. The first-order chi connectivity index (χ1) is 8.58. The van der Waals surface area contributed by atoms with Gasteiger partial charge in [0.05, 0.1) is 19.1 Å². The van der Waals surface area contributed by atoms with Gasteiger partial charge in [0.15, 0.2) is 5.75 Å². The minimum Gasteiger partial charge on any atom is -0.490 e. The van der Waals surface area contributed by atoms with Crippen LogP contribution in [-0.4, -0.2) is 25.1 Å². The van der Waals surface area contributed by atoms with E-state index in [4.69, 9.17) is 4.74 Å². The molecule has 0 fully saturated rings. The number of nitrogens with zero attached hydrogens (tertiary/aromatic N) is 1. The van der Waals surface area contributed by atoms with E-state index in [9.17, 15) is 14.9 Å². The van der Waals surface area contributed by atoms with Crippen molar-refractivity contribution in [3.63, 3.8) is 0 Å². The summed E-state index contributed by atoms with van der Waals surface area (Å²) >= 11 is 0. The van der Waals surface area contributed by atoms with Gasteiger partial charge >= 0.3 is 11.7 Å². The number of benzene rings is 1. The van der Waals surface area contributed by atoms with Crippen LogP contribution >= 0.6 is 0 Å². The summed E-state index contributed by atoms with van der Waals surface area (Å²) in [5.74, 6) is 4.93. The van der Waals surface area contributed by atoms with Gasteiger partial charge in [0, 0.05) is 11.6 Å². The van der Waals surface area contributed by atoms with Crippen molar-refractivity contribution in [2.75, 3.05) is 14.2 Å². The van der Waals surface area contributed by atoms with Crippen LogP contribution in [0.15, 0.2) is 18.2 Å². The van der Waals surface area contributed by atoms with Gasteiger partial charge in [-0.25, -0.2) is 0 Å². The Hall–Kier alpha value is -2.55. The number of hydrogen-bond acceptors (Lipinski definition) is 5. The molecule has 94 valence electrons. The summed E-state index contributed by atoms with van der Waals surface area (Å²) in [7, 11) is 2.62. The number of carbonyl (C=O) groups is 1. The number of esters is 1. The molecule has 0 saturated heterocycles. The third-order valence-corrected chi connectivity index (χ3v) is 2.07. The Bertz CT molecular complexity index is 527. The highest BCUT2D eigenvalue weighted by Crippen LogP contribution is 2.27. The van der Waals surface area contributed by atoms with E-state index < -0.39 is 10.9 Å². The summed E-state index contributed by atoms with van der Waals surface area (Å²) in [5, 5.41) is 10.8. The van der Waals surface area contributed by atoms with Crippen molar-refractivity contribution >= 4 is 11.7 Å². The van der Waals surface area contributed by atoms with Crippen LogP contribution in [0.3, 0.4) is 0 Å². The number of hydrogen-bond donors (Lipinski definition) is 0. The molecular weight excluding hydrogens is 238 g/mol. The van der Waals surface area contributed by atoms with Crippen molar-refractivity contribution in [1.82, 2.24) is 0 Å². The quantitative estimate of drug-likeness (QED) is 0.351. The predicted octanol–water partition coefficient (Wildman–Crippen LogP) is 1.52. The van der Waals surface area contributed by atoms with E-state index in [1.54, 1.807) is 6.07 Å². The molecule has 18 heavy (non-hydrogen) atoms. The lowest BCUT2D eigenvalue weighted by molar-refractivity contribution is -0.385. The van der Waals surface area contributed by atoms with Crippen LogP contribution in [-0.2, 0) is 9.53 Å². The first-order valence-corrected chi connectivity index (χ1v) is 4.96. The molecule has 6 heteroatoms. The molecule has 1 aromatic rings. The summed E-state index contributed by atoms with van der Waals surface area (Å²) in [5.41, 5.74) is 0.272. The van der Waals surface area contributed by atoms with Crippen LogP contribution in [0, 0.1) is 22.0 Å². The van der Waals surface area contributed by atoms with Gasteiger partial charge in [0.25, 0.3) is 0 Å². The molecule has 0 aromatic heterocycles. The van der Waals surface area contributed by atoms with E-state index in [-0.39, 0.29) is 17.9 Å². The number of nitro benzene ring substituents is 1. The fourth-order valence-corrected chi connectivity index (χ4v) is 1.20. The lowest BCUT2D eigenvalue weighted by Crippen LogP contribution is -1.97. The Balaban J connectivity index is 2.95. The minimum atomic E-state index is -0.551. The van der Waals surface area contributed by atoms with Gasteiger partial charge in [-0.15, -0.1) is 0 Å². The molecule has 0 aliphatic carbocycles. The van der Waals surface area contributed by atoms with Crippen molar-refractivity contribution in [2.24, 2.45) is 0 Å². The number of methoxy groups -OCH3 is 2. The fraction of sp³-hybridized carbons (Fsp3) is 0.250. The summed E-state index contributed by atoms with van der Waals surface area (Å²) in [4.78, 5) is 21.0. The van der Waals surface area contributed by atoms with Gasteiger partial charge in [0.1, 0.15) is 6.42 Å². The zero-order chi connectivity index (χ0) is 13.5. The van der Waals surface area contributed by atoms with Gasteiger partial charge in [-0.1, -0.05) is 11.8 Å². The van der Waals surface area contributed by atoms with Gasteiger partial charge in [0.2, 0.25) is 0 Å². The molecule has 0 unspecified atom stereocenters. The van der Waals surface area contributed by atoms with Crippen molar-refractivity contribution < 1.29 is 19.2 Å². The average molecular weight is 249 g/mol. The Kier molecular flexibility index (Phi) is 4.69. The van der Waals surface area contributed by atoms with Gasteiger partial charge in [-0.3, -0.25) is 14.9 Å². The van der Waals surface area contributed by atoms with E-state index in [1.807, 2.05) is 0 Å². The maximum Gasteiger partial charge on any atom is 0.317 e. The fourth-order valence-electron chi connectivity index (χ4n) is 1.20. The monoisotopic (exact) mass is 249 g/mol. The summed E-state index contributed by atoms with van der Waals surface area (Å²) in [6.07, 6.45) is -0.0592. The topological polar surface area (TPSA) is 78.7 Å². The lowest BCUT2D eigenvalue weighted by atomic mass is 10.2. The van der Waals surface area contributed by atoms with Crippen LogP contribution in [0.4, 0.5) is 5.69 Å². The summed E-state index contributed by atoms with van der Waals surface area (Å²) in [6.45, 7) is 0. The second kappa shape index (κ2) is 6.25. The second-order valence-corrected chi connectivity index (χ2v) is 3.20. The number of ether oxygens (including phenoxy) is 2. The van der Waals surface area contributed by atoms with Crippen LogP contribution in [0.25, 0.3) is 0 Å². The SMILES string of the molecule is COC(=O)CC#Cc1ccc(OC)c([N+](=O)[O-])c1. The molecule has 0 bridgehead atoms. The largest absolute Gasteiger partial charge is 0.490 e. The highest BCUT2D eigenvalue weighted by Gasteiger charge is 2.14. The molecule has 1 aromatic carbocycles. The van der Waals surface area contributed by atoms with Crippen LogP contribution in [0.5, 0.6) is 5.75 Å². The molecule has 0 N–H and O–H groups in total. The Morgan fingerprint density at radius 2 is 2.17 bits per heavy atom. The first-order valence-electron chi connectivity index (χ1n) is 4.96. The third kappa shape index (κ3) is 3.49. The van der Waals surface area contributed by atoms with Crippen molar-refractivity contribution in [2.45, 2.75) is 6.42 Å². The van der Waals surface area contributed by atoms with Crippen molar-refractivity contribution in [3.05, 3.63) is 33.9 Å². The third-order valence-electron chi connectivity index (χ3n) is 2.07. The van der Waals surface area contributed by atoms with Crippen LogP contribution in [0.2, 0.25) is 0 Å². The van der Waals surface area contributed by atoms with E-state index >= 15 is 0 Å². The molecule has 1 rings (SSSR count). The zero-order valence-electron chi connectivity index (χ0n) is 9.93. The highest BCUT2D eigenvalue weighted by atomic mass is 16.6. The second-order valence-electron chi connectivity index (χ2n) is 3.20. The van der Waals surface area contributed by atoms with Crippen molar-refractivity contribution in [1.29, 1.82) is 0 Å². The number of rotatable bonds is 3. The number of nitro groups is 1. The standard InChI is InChI=1S/C12H11NO5/c1-17-11-7-6-9(8-10(11)13(15)16)4-3-5-12(14)18-2/h6-8H,5H2,1-2H3. The van der Waals surface area contributed by atoms with E-state index in [0.717, 1.165) is 0 Å². The maximum absolute atomic E-state index is 10.8. The molecular formula is C12H11NO5. The average Bonchev–Trinajstić information content (AvgIpc) is 2.38. The molecule has 0 radical (unpaired) electrons. The molecule has 0 spiro atoms. The Morgan fingerprint density at radius 1 is 1.44 bits per heavy atom. The Morgan fingerprint density at radius 3 is 2.72 bits per heavy atom. The predicted molar refractivity (Wildman–Crippen MR) is 63.2 cm³/mol. The maximum atomic E-state index is 10.8. The van der Waals surface area contributed by atoms with Gasteiger partial charge < -0.3 is 9.47 Å². The summed E-state index contributed by atoms with van der Waals surface area (Å²) < 4.78 is 9.27. The van der Waals surface area contributed by atoms with Crippen LogP contribution in [0.1, 0.15) is 12.0 Å². The first kappa shape index (κ1) is 13.5. The van der Waals surface area contributed by atoms with Crippen molar-refractivity contribution in [3.8, 4) is 17.6 Å². The lowest BCUT2D eigenvalue weighted by Gasteiger charge is -2.00. The van der Waals surface area contributed by atoms with E-state index in [1.165, 1.54) is 26.4 Å². The minimum absolute atomic E-state index is 0.0592. The molecule has 0 atom stereocenters. The number of carbonyl (C=O) groups excluding carboxylic acids is 1. The van der Waals surface area contributed by atoms with Gasteiger partial charge in [-0.2, -0.15) is 0 Å². The van der Waals surface area contributed by atoms with Gasteiger partial charge in [-0.05, 0) is 12.1 Å². The highest BCUT2D eigenvalue weighted by molar-refractivity contribution is 5.72. The van der Waals surface area contributed by atoms with E-state index in [0.29, 0.717) is 5.56 Å². The van der Waals surface area contributed by atoms with E-state index in [2.05, 4.69) is 16.6 Å².